The van der Waals surface area contributed by atoms with Crippen molar-refractivity contribution in [2.75, 3.05) is 18.4 Å². The molecule has 0 aliphatic carbocycles. The number of carbonyl (C=O) groups excluding carboxylic acids is 1. The zero-order valence-corrected chi connectivity index (χ0v) is 20.6. The van der Waals surface area contributed by atoms with Crippen LogP contribution in [-0.2, 0) is 11.3 Å². The molecule has 0 bridgehead atoms. The summed E-state index contributed by atoms with van der Waals surface area (Å²) in [6, 6.07) is 16.5. The van der Waals surface area contributed by atoms with E-state index >= 15 is 0 Å². The van der Waals surface area contributed by atoms with E-state index in [1.807, 2.05) is 37.3 Å². The first-order valence-electron chi connectivity index (χ1n) is 10.9. The van der Waals surface area contributed by atoms with Crippen molar-refractivity contribution in [2.45, 2.75) is 19.9 Å². The highest BCUT2D eigenvalue weighted by Gasteiger charge is 2.18. The number of nitrogens with zero attached hydrogens (tertiary/aromatic N) is 3. The highest BCUT2D eigenvalue weighted by Crippen LogP contribution is 2.26. The predicted octanol–water partition coefficient (Wildman–Crippen LogP) is 1.40. The van der Waals surface area contributed by atoms with Crippen LogP contribution in [0.4, 0.5) is 5.82 Å². The smallest absolute Gasteiger partial charge is 0.294 e. The molecule has 1 amide bonds. The third kappa shape index (κ3) is 8.44. The Balaban J connectivity index is 0.000000380. The molecule has 2 aromatic carbocycles. The first-order chi connectivity index (χ1) is 17.1. The van der Waals surface area contributed by atoms with E-state index in [1.165, 1.54) is 10.1 Å². The Morgan fingerprint density at radius 3 is 2.28 bits per heavy atom. The van der Waals surface area contributed by atoms with Crippen LogP contribution < -0.4 is 33.8 Å². The summed E-state index contributed by atoms with van der Waals surface area (Å²) in [5, 5.41) is 10.1. The fraction of sp³-hybridized carbons (Fsp3) is 0.208. The molecule has 1 aromatic heterocycles. The number of hydrogen-bond donors (Lipinski definition) is 6. The van der Waals surface area contributed by atoms with E-state index in [1.54, 1.807) is 24.3 Å². The SMILES string of the molecule is Cc1ccc(C(=N)N)cc1.NC(=O)Cn1c(-c2ccccc2)c(Cl)nc(NCCCN=C(N)N)c1=O. The molecule has 0 atom stereocenters. The summed E-state index contributed by atoms with van der Waals surface area (Å²) in [7, 11) is 0. The Morgan fingerprint density at radius 2 is 1.72 bits per heavy atom. The van der Waals surface area contributed by atoms with Crippen LogP contribution in [0.1, 0.15) is 17.5 Å². The number of amidine groups is 1. The van der Waals surface area contributed by atoms with Crippen molar-refractivity contribution in [3.05, 3.63) is 81.2 Å². The number of hydrogen-bond acceptors (Lipinski definition) is 6. The van der Waals surface area contributed by atoms with Gasteiger partial charge in [0.15, 0.2) is 16.9 Å². The first kappa shape index (κ1) is 27.9. The van der Waals surface area contributed by atoms with Crippen LogP contribution >= 0.6 is 11.6 Å². The number of rotatable bonds is 9. The van der Waals surface area contributed by atoms with Crippen LogP contribution in [0.2, 0.25) is 5.15 Å². The van der Waals surface area contributed by atoms with E-state index in [9.17, 15) is 9.59 Å². The second-order valence-corrected chi connectivity index (χ2v) is 8.05. The van der Waals surface area contributed by atoms with Gasteiger partial charge in [-0.1, -0.05) is 71.8 Å². The minimum atomic E-state index is -0.662. The van der Waals surface area contributed by atoms with E-state index in [4.69, 9.17) is 39.9 Å². The van der Waals surface area contributed by atoms with Gasteiger partial charge in [0.2, 0.25) is 5.91 Å². The number of benzene rings is 2. The number of anilines is 1. The van der Waals surface area contributed by atoms with E-state index in [0.717, 1.165) is 5.56 Å². The van der Waals surface area contributed by atoms with Gasteiger partial charge < -0.3 is 28.3 Å². The maximum absolute atomic E-state index is 12.7. The van der Waals surface area contributed by atoms with Gasteiger partial charge in [0.1, 0.15) is 12.4 Å². The van der Waals surface area contributed by atoms with Crippen LogP contribution in [0.15, 0.2) is 64.4 Å². The van der Waals surface area contributed by atoms with Crippen molar-refractivity contribution in [3.8, 4) is 11.3 Å². The molecular formula is C24H30ClN9O2. The number of carbonyl (C=O) groups is 1. The molecular weight excluding hydrogens is 482 g/mol. The Labute approximate surface area is 213 Å². The van der Waals surface area contributed by atoms with Crippen LogP contribution in [0.3, 0.4) is 0 Å². The van der Waals surface area contributed by atoms with Gasteiger partial charge in [-0.15, -0.1) is 0 Å². The van der Waals surface area contributed by atoms with Crippen molar-refractivity contribution in [1.29, 1.82) is 5.41 Å². The van der Waals surface area contributed by atoms with E-state index < -0.39 is 11.5 Å². The Kier molecular flexibility index (Phi) is 10.4. The van der Waals surface area contributed by atoms with Crippen LogP contribution in [-0.4, -0.2) is 40.3 Å². The molecule has 0 saturated carbocycles. The van der Waals surface area contributed by atoms with Gasteiger partial charge in [0.05, 0.1) is 5.69 Å². The number of nitrogen functional groups attached to an aromatic ring is 1. The number of halogens is 1. The molecule has 11 nitrogen and oxygen atoms in total. The van der Waals surface area contributed by atoms with Crippen molar-refractivity contribution in [2.24, 2.45) is 27.9 Å². The summed E-state index contributed by atoms with van der Waals surface area (Å²) in [5.41, 5.74) is 23.5. The molecule has 0 unspecified atom stereocenters. The van der Waals surface area contributed by atoms with Crippen LogP contribution in [0, 0.1) is 12.3 Å². The Hall–Kier alpha value is -4.38. The number of aryl methyl sites for hydroxylation is 1. The minimum Gasteiger partial charge on any atom is -0.384 e. The summed E-state index contributed by atoms with van der Waals surface area (Å²) in [5.74, 6) is -0.506. The maximum atomic E-state index is 12.7. The zero-order chi connectivity index (χ0) is 26.7. The molecule has 0 radical (unpaired) electrons. The molecule has 190 valence electrons. The molecule has 0 aliphatic heterocycles. The summed E-state index contributed by atoms with van der Waals surface area (Å²) in [6.45, 7) is 2.50. The number of nitrogens with two attached hydrogens (primary N) is 4. The lowest BCUT2D eigenvalue weighted by Crippen LogP contribution is -2.32. The fourth-order valence-corrected chi connectivity index (χ4v) is 3.36. The third-order valence-electron chi connectivity index (χ3n) is 4.77. The van der Waals surface area contributed by atoms with Gasteiger partial charge in [0, 0.05) is 24.2 Å². The van der Waals surface area contributed by atoms with Crippen molar-refractivity contribution >= 4 is 35.1 Å². The molecule has 0 aliphatic rings. The molecule has 0 spiro atoms. The predicted molar refractivity (Wildman–Crippen MR) is 144 cm³/mol. The van der Waals surface area contributed by atoms with Gasteiger partial charge in [-0.05, 0) is 13.3 Å². The average molecular weight is 512 g/mol. The topological polar surface area (TPSA) is 204 Å². The highest BCUT2D eigenvalue weighted by atomic mass is 35.5. The number of aliphatic imine (C=N–C) groups is 1. The molecule has 10 N–H and O–H groups in total. The van der Waals surface area contributed by atoms with Gasteiger partial charge in [-0.3, -0.25) is 24.6 Å². The van der Waals surface area contributed by atoms with Gasteiger partial charge >= 0.3 is 0 Å². The largest absolute Gasteiger partial charge is 0.384 e. The molecule has 0 saturated heterocycles. The normalized spacial score (nSPS) is 10.1. The van der Waals surface area contributed by atoms with Crippen LogP contribution in [0.5, 0.6) is 0 Å². The summed E-state index contributed by atoms with van der Waals surface area (Å²) >= 11 is 6.29. The minimum absolute atomic E-state index is 0.00203. The second-order valence-electron chi connectivity index (χ2n) is 7.69. The number of primary amides is 1. The Morgan fingerprint density at radius 1 is 1.08 bits per heavy atom. The molecule has 12 heteroatoms. The lowest BCUT2D eigenvalue weighted by Gasteiger charge is -2.15. The molecule has 36 heavy (non-hydrogen) atoms. The van der Waals surface area contributed by atoms with E-state index in [0.29, 0.717) is 30.8 Å². The summed E-state index contributed by atoms with van der Waals surface area (Å²) in [6.07, 6.45) is 0.576. The standard InChI is InChI=1S/C16H20ClN7O2.C8H10N2/c17-13-12(10-5-2-1-3-6-10)24(9-11(18)25)15(26)14(23-13)21-7-4-8-22-16(19)20;1-6-2-4-7(5-3-6)8(9)10/h1-3,5-6H,4,7-9H2,(H2,18,25)(H,21,23)(H4,19,20,22);2-5H,1H3,(H3,9,10). The van der Waals surface area contributed by atoms with Gasteiger partial charge in [0.25, 0.3) is 5.56 Å². The lowest BCUT2D eigenvalue weighted by molar-refractivity contribution is -0.118. The van der Waals surface area contributed by atoms with Crippen molar-refractivity contribution in [1.82, 2.24) is 9.55 Å². The molecule has 3 rings (SSSR count). The fourth-order valence-electron chi connectivity index (χ4n) is 3.06. The Bertz CT molecular complexity index is 1270. The second kappa shape index (κ2) is 13.5. The van der Waals surface area contributed by atoms with Crippen molar-refractivity contribution in [3.63, 3.8) is 0 Å². The quantitative estimate of drug-likeness (QED) is 0.141. The molecule has 3 aromatic rings. The lowest BCUT2D eigenvalue weighted by atomic mass is 10.1. The molecule has 1 heterocycles. The average Bonchev–Trinajstić information content (AvgIpc) is 2.82. The maximum Gasteiger partial charge on any atom is 0.294 e. The number of guanidine groups is 1. The summed E-state index contributed by atoms with van der Waals surface area (Å²) < 4.78 is 1.21. The molecule has 0 fully saturated rings. The first-order valence-corrected chi connectivity index (χ1v) is 11.3. The number of aromatic nitrogens is 2. The third-order valence-corrected chi connectivity index (χ3v) is 5.03. The van der Waals surface area contributed by atoms with E-state index in [-0.39, 0.29) is 29.3 Å². The van der Waals surface area contributed by atoms with Gasteiger partial charge in [-0.2, -0.15) is 0 Å². The van der Waals surface area contributed by atoms with Crippen LogP contribution in [0.25, 0.3) is 11.3 Å². The van der Waals surface area contributed by atoms with E-state index in [2.05, 4.69) is 15.3 Å². The zero-order valence-electron chi connectivity index (χ0n) is 19.9. The monoisotopic (exact) mass is 511 g/mol. The summed E-state index contributed by atoms with van der Waals surface area (Å²) in [4.78, 5) is 32.1. The van der Waals surface area contributed by atoms with Crippen molar-refractivity contribution < 1.29 is 4.79 Å². The highest BCUT2D eigenvalue weighted by molar-refractivity contribution is 6.32. The number of amides is 1. The number of nitrogens with one attached hydrogen (secondary N) is 2. The van der Waals surface area contributed by atoms with Gasteiger partial charge in [-0.25, -0.2) is 4.98 Å².